The highest BCUT2D eigenvalue weighted by molar-refractivity contribution is 5.33. The third-order valence-electron chi connectivity index (χ3n) is 2.62. The van der Waals surface area contributed by atoms with Crippen molar-refractivity contribution in [1.29, 1.82) is 0 Å². The molecule has 1 unspecified atom stereocenters. The molecule has 1 aromatic carbocycles. The van der Waals surface area contributed by atoms with Gasteiger partial charge in [0.15, 0.2) is 6.23 Å². The van der Waals surface area contributed by atoms with Gasteiger partial charge in [0.1, 0.15) is 11.9 Å². The van der Waals surface area contributed by atoms with Crippen LogP contribution in [0, 0.1) is 17.8 Å². The summed E-state index contributed by atoms with van der Waals surface area (Å²) in [4.78, 5) is 2.12. The highest BCUT2D eigenvalue weighted by Crippen LogP contribution is 2.04. The number of halogens is 1. The Balaban J connectivity index is 2.60. The van der Waals surface area contributed by atoms with Crippen molar-refractivity contribution in [2.75, 3.05) is 13.1 Å². The summed E-state index contributed by atoms with van der Waals surface area (Å²) >= 11 is 0. The Morgan fingerprint density at radius 1 is 1.29 bits per heavy atom. The van der Waals surface area contributed by atoms with Crippen LogP contribution in [0.2, 0.25) is 0 Å². The molecule has 0 fully saturated rings. The molecule has 0 radical (unpaired) electrons. The predicted molar refractivity (Wildman–Crippen MR) is 66.7 cm³/mol. The Hall–Kier alpha value is -1.53. The maximum atomic E-state index is 13.2. The molecule has 3 heteroatoms. The van der Waals surface area contributed by atoms with Crippen LogP contribution in [-0.4, -0.2) is 24.2 Å². The van der Waals surface area contributed by atoms with Crippen LogP contribution in [0.4, 0.5) is 4.39 Å². The maximum absolute atomic E-state index is 13.2. The number of nitrogens with zero attached hydrogens (tertiary/aromatic N) is 1. The monoisotopic (exact) mass is 235 g/mol. The summed E-state index contributed by atoms with van der Waals surface area (Å²) in [7, 11) is 0. The van der Waals surface area contributed by atoms with E-state index in [1.165, 1.54) is 6.07 Å². The second-order valence-corrected chi connectivity index (χ2v) is 3.65. The van der Waals surface area contributed by atoms with E-state index >= 15 is 0 Å². The predicted octanol–water partition coefficient (Wildman–Crippen LogP) is 2.84. The lowest BCUT2D eigenvalue weighted by molar-refractivity contribution is 0.0250. The molecule has 0 saturated carbocycles. The van der Waals surface area contributed by atoms with Crippen LogP contribution in [0.15, 0.2) is 24.3 Å². The molecule has 0 heterocycles. The number of hydrogen-bond acceptors (Lipinski definition) is 2. The molecule has 0 N–H and O–H groups in total. The Morgan fingerprint density at radius 3 is 2.53 bits per heavy atom. The molecule has 0 saturated heterocycles. The minimum Gasteiger partial charge on any atom is -0.427 e. The van der Waals surface area contributed by atoms with Crippen molar-refractivity contribution in [2.24, 2.45) is 0 Å². The quantitative estimate of drug-likeness (QED) is 0.587. The van der Waals surface area contributed by atoms with Gasteiger partial charge in [-0.25, -0.2) is 4.39 Å². The molecule has 1 atom stereocenters. The van der Waals surface area contributed by atoms with Crippen LogP contribution >= 0.6 is 0 Å². The van der Waals surface area contributed by atoms with Gasteiger partial charge in [-0.1, -0.05) is 26.0 Å². The smallest absolute Gasteiger partial charge is 0.161 e. The molecule has 0 amide bonds. The molecule has 2 nitrogen and oxygen atoms in total. The molecule has 0 spiro atoms. The van der Waals surface area contributed by atoms with Gasteiger partial charge in [0, 0.05) is 0 Å². The average Bonchev–Trinajstić information content (AvgIpc) is 2.33. The van der Waals surface area contributed by atoms with Crippen molar-refractivity contribution in [3.63, 3.8) is 0 Å². The topological polar surface area (TPSA) is 12.5 Å². The van der Waals surface area contributed by atoms with Crippen LogP contribution in [-0.2, 0) is 4.74 Å². The molecule has 0 aliphatic rings. The summed E-state index contributed by atoms with van der Waals surface area (Å²) in [5.74, 6) is 2.35. The summed E-state index contributed by atoms with van der Waals surface area (Å²) in [6, 6.07) is 6.41. The molecule has 0 aliphatic heterocycles. The summed E-state index contributed by atoms with van der Waals surface area (Å²) in [5, 5.41) is 0. The summed E-state index contributed by atoms with van der Waals surface area (Å²) in [6.07, 6.45) is 2.48. The lowest BCUT2D eigenvalue weighted by atomic mass is 10.2. The zero-order chi connectivity index (χ0) is 12.7. The molecule has 1 aromatic rings. The van der Waals surface area contributed by atoms with Crippen LogP contribution < -0.4 is 0 Å². The number of ether oxygens (including phenoxy) is 1. The first-order valence-corrected chi connectivity index (χ1v) is 5.84. The van der Waals surface area contributed by atoms with Crippen molar-refractivity contribution in [3.05, 3.63) is 35.6 Å². The summed E-state index contributed by atoms with van der Waals surface area (Å²) < 4.78 is 18.6. The molecule has 1 rings (SSSR count). The Labute approximate surface area is 102 Å². The maximum Gasteiger partial charge on any atom is 0.161 e. The van der Waals surface area contributed by atoms with E-state index < -0.39 is 0 Å². The van der Waals surface area contributed by atoms with Gasteiger partial charge < -0.3 is 4.74 Å². The second kappa shape index (κ2) is 6.93. The molecule has 17 heavy (non-hydrogen) atoms. The largest absolute Gasteiger partial charge is 0.427 e. The van der Waals surface area contributed by atoms with E-state index in [1.54, 1.807) is 18.2 Å². The Kier molecular flexibility index (Phi) is 5.51. The normalized spacial score (nSPS) is 11.8. The average molecular weight is 235 g/mol. The molecule has 0 aliphatic carbocycles. The van der Waals surface area contributed by atoms with Gasteiger partial charge in [-0.2, -0.15) is 0 Å². The lowest BCUT2D eigenvalue weighted by Gasteiger charge is -2.23. The van der Waals surface area contributed by atoms with E-state index in [4.69, 9.17) is 4.74 Å². The van der Waals surface area contributed by atoms with Crippen LogP contribution in [0.25, 0.3) is 0 Å². The van der Waals surface area contributed by atoms with Gasteiger partial charge in [-0.15, -0.1) is 0 Å². The van der Waals surface area contributed by atoms with Gasteiger partial charge in [0.2, 0.25) is 0 Å². The molecule has 92 valence electrons. The fourth-order valence-corrected chi connectivity index (χ4v) is 1.54. The van der Waals surface area contributed by atoms with Crippen molar-refractivity contribution in [2.45, 2.75) is 27.0 Å². The van der Waals surface area contributed by atoms with Gasteiger partial charge in [0.25, 0.3) is 0 Å². The SMILES string of the molecule is CCN(CC)C(C)OC#Cc1ccccc1F. The van der Waals surface area contributed by atoms with Crippen LogP contribution in [0.5, 0.6) is 0 Å². The summed E-state index contributed by atoms with van der Waals surface area (Å²) in [5.41, 5.74) is 0.360. The minimum atomic E-state index is -0.320. The second-order valence-electron chi connectivity index (χ2n) is 3.65. The van der Waals surface area contributed by atoms with Crippen LogP contribution in [0.1, 0.15) is 26.3 Å². The summed E-state index contributed by atoms with van der Waals surface area (Å²) in [6.45, 7) is 7.86. The van der Waals surface area contributed by atoms with Crippen LogP contribution in [0.3, 0.4) is 0 Å². The van der Waals surface area contributed by atoms with E-state index in [0.29, 0.717) is 5.56 Å². The zero-order valence-corrected chi connectivity index (χ0v) is 10.5. The Bertz CT molecular complexity index is 404. The first kappa shape index (κ1) is 13.5. The molecule has 0 aromatic heterocycles. The highest BCUT2D eigenvalue weighted by atomic mass is 19.1. The van der Waals surface area contributed by atoms with E-state index in [-0.39, 0.29) is 12.0 Å². The standard InChI is InChI=1S/C14H18FNO/c1-4-16(5-2)12(3)17-11-10-13-8-6-7-9-14(13)15/h6-9,12H,4-5H2,1-3H3. The van der Waals surface area contributed by atoms with E-state index in [1.807, 2.05) is 6.92 Å². The van der Waals surface area contributed by atoms with E-state index in [0.717, 1.165) is 13.1 Å². The lowest BCUT2D eigenvalue weighted by Crippen LogP contribution is -2.33. The van der Waals surface area contributed by atoms with E-state index in [9.17, 15) is 4.39 Å². The third kappa shape index (κ3) is 4.08. The van der Waals surface area contributed by atoms with Crippen molar-refractivity contribution in [3.8, 4) is 12.0 Å². The van der Waals surface area contributed by atoms with Gasteiger partial charge >= 0.3 is 0 Å². The first-order chi connectivity index (χ1) is 8.19. The molecule has 0 bridgehead atoms. The highest BCUT2D eigenvalue weighted by Gasteiger charge is 2.08. The van der Waals surface area contributed by atoms with E-state index in [2.05, 4.69) is 30.8 Å². The fourth-order valence-electron chi connectivity index (χ4n) is 1.54. The van der Waals surface area contributed by atoms with Crippen molar-refractivity contribution >= 4 is 0 Å². The number of hydrogen-bond donors (Lipinski definition) is 0. The number of rotatable bonds is 4. The molecular weight excluding hydrogens is 217 g/mol. The van der Waals surface area contributed by atoms with Gasteiger partial charge in [0.05, 0.1) is 5.56 Å². The third-order valence-corrected chi connectivity index (χ3v) is 2.62. The van der Waals surface area contributed by atoms with Crippen molar-refractivity contribution in [1.82, 2.24) is 4.90 Å². The molecular formula is C14H18FNO. The van der Waals surface area contributed by atoms with Gasteiger partial charge in [-0.05, 0) is 38.1 Å². The Morgan fingerprint density at radius 2 is 1.94 bits per heavy atom. The number of benzene rings is 1. The first-order valence-electron chi connectivity index (χ1n) is 5.84. The minimum absolute atomic E-state index is 0.0794. The fraction of sp³-hybridized carbons (Fsp3) is 0.429. The van der Waals surface area contributed by atoms with Crippen molar-refractivity contribution < 1.29 is 9.13 Å². The van der Waals surface area contributed by atoms with Gasteiger partial charge in [-0.3, -0.25) is 4.90 Å². The zero-order valence-electron chi connectivity index (χ0n) is 10.5.